The summed E-state index contributed by atoms with van der Waals surface area (Å²) in [6.45, 7) is 5.76. The lowest BCUT2D eigenvalue weighted by Gasteiger charge is -1.99. The van der Waals surface area contributed by atoms with Crippen molar-refractivity contribution in [1.29, 1.82) is 0 Å². The average Bonchev–Trinajstić information content (AvgIpc) is 2.24. The van der Waals surface area contributed by atoms with Gasteiger partial charge in [0.2, 0.25) is 0 Å². The van der Waals surface area contributed by atoms with E-state index >= 15 is 0 Å². The molecule has 1 unspecified atom stereocenters. The highest BCUT2D eigenvalue weighted by atomic mass is 31.0. The lowest BCUT2D eigenvalue weighted by atomic mass is 10.1. The molecule has 0 saturated heterocycles. The van der Waals surface area contributed by atoms with Crippen molar-refractivity contribution in [2.75, 3.05) is 0 Å². The van der Waals surface area contributed by atoms with Crippen LogP contribution in [-0.2, 0) is 0 Å². The van der Waals surface area contributed by atoms with Crippen LogP contribution in [0.5, 0.6) is 0 Å². The first kappa shape index (κ1) is 13.2. The first-order chi connectivity index (χ1) is 6.65. The summed E-state index contributed by atoms with van der Waals surface area (Å²) in [4.78, 5) is 11.1. The SMILES string of the molecule is CC.CCC(=O)c1ccc(P)c(F)c1. The summed E-state index contributed by atoms with van der Waals surface area (Å²) < 4.78 is 12.9. The van der Waals surface area contributed by atoms with E-state index in [1.807, 2.05) is 13.8 Å². The second kappa shape index (κ2) is 6.67. The molecule has 0 bridgehead atoms. The predicted octanol–water partition coefficient (Wildman–Crippen LogP) is 2.95. The van der Waals surface area contributed by atoms with E-state index in [1.165, 1.54) is 6.07 Å². The van der Waals surface area contributed by atoms with Gasteiger partial charge in [0, 0.05) is 17.3 Å². The van der Waals surface area contributed by atoms with Gasteiger partial charge >= 0.3 is 0 Å². The summed E-state index contributed by atoms with van der Waals surface area (Å²) in [5.41, 5.74) is 0.446. The van der Waals surface area contributed by atoms with Gasteiger partial charge in [-0.25, -0.2) is 4.39 Å². The number of hydrogen-bond donors (Lipinski definition) is 0. The molecular weight excluding hydrogens is 198 g/mol. The van der Waals surface area contributed by atoms with Crippen molar-refractivity contribution in [3.8, 4) is 0 Å². The van der Waals surface area contributed by atoms with E-state index in [9.17, 15) is 9.18 Å². The number of benzene rings is 1. The zero-order valence-electron chi connectivity index (χ0n) is 8.80. The number of Topliss-reactive ketones (excluding diaryl/α,β-unsaturated/α-hetero) is 1. The monoisotopic (exact) mass is 214 g/mol. The van der Waals surface area contributed by atoms with Crippen LogP contribution in [0.25, 0.3) is 0 Å². The molecule has 1 aromatic carbocycles. The van der Waals surface area contributed by atoms with Crippen molar-refractivity contribution in [3.63, 3.8) is 0 Å². The van der Waals surface area contributed by atoms with Crippen LogP contribution in [0.2, 0.25) is 0 Å². The molecule has 1 aromatic rings. The summed E-state index contributed by atoms with van der Waals surface area (Å²) >= 11 is 0. The van der Waals surface area contributed by atoms with Gasteiger partial charge in [-0.15, -0.1) is 9.24 Å². The first-order valence-electron chi connectivity index (χ1n) is 4.73. The smallest absolute Gasteiger partial charge is 0.162 e. The molecule has 0 aromatic heterocycles. The lowest BCUT2D eigenvalue weighted by molar-refractivity contribution is 0.0988. The summed E-state index contributed by atoms with van der Waals surface area (Å²) in [7, 11) is 2.27. The average molecular weight is 214 g/mol. The van der Waals surface area contributed by atoms with E-state index in [-0.39, 0.29) is 11.6 Å². The van der Waals surface area contributed by atoms with Gasteiger partial charge < -0.3 is 0 Å². The van der Waals surface area contributed by atoms with Gasteiger partial charge in [-0.05, 0) is 6.07 Å². The van der Waals surface area contributed by atoms with Crippen LogP contribution in [0.3, 0.4) is 0 Å². The third kappa shape index (κ3) is 3.55. The Morgan fingerprint density at radius 1 is 1.43 bits per heavy atom. The molecule has 0 saturated carbocycles. The van der Waals surface area contributed by atoms with E-state index in [2.05, 4.69) is 9.24 Å². The van der Waals surface area contributed by atoms with Crippen LogP contribution in [-0.4, -0.2) is 5.78 Å². The van der Waals surface area contributed by atoms with Crippen molar-refractivity contribution in [2.24, 2.45) is 0 Å². The molecule has 0 heterocycles. The number of halogens is 1. The van der Waals surface area contributed by atoms with Crippen molar-refractivity contribution in [2.45, 2.75) is 27.2 Å². The Kier molecular flexibility index (Phi) is 6.31. The molecule has 14 heavy (non-hydrogen) atoms. The maximum Gasteiger partial charge on any atom is 0.162 e. The Balaban J connectivity index is 0.000000791. The summed E-state index contributed by atoms with van der Waals surface area (Å²) in [6, 6.07) is 4.49. The normalized spacial score (nSPS) is 8.93. The highest BCUT2D eigenvalue weighted by Gasteiger charge is 2.04. The number of carbonyl (C=O) groups excluding carboxylic acids is 1. The van der Waals surface area contributed by atoms with Gasteiger partial charge in [-0.1, -0.05) is 32.9 Å². The van der Waals surface area contributed by atoms with Crippen molar-refractivity contribution >= 4 is 20.3 Å². The minimum atomic E-state index is -0.348. The van der Waals surface area contributed by atoms with Crippen molar-refractivity contribution < 1.29 is 9.18 Å². The van der Waals surface area contributed by atoms with Crippen LogP contribution < -0.4 is 5.30 Å². The maximum atomic E-state index is 12.9. The highest BCUT2D eigenvalue weighted by Crippen LogP contribution is 2.06. The molecule has 0 spiro atoms. The maximum absolute atomic E-state index is 12.9. The Labute approximate surface area is 86.9 Å². The molecule has 1 rings (SSSR count). The second-order valence-corrected chi connectivity index (χ2v) is 3.14. The molecule has 0 N–H and O–H groups in total. The van der Waals surface area contributed by atoms with Gasteiger partial charge in [-0.3, -0.25) is 4.79 Å². The fraction of sp³-hybridized carbons (Fsp3) is 0.364. The van der Waals surface area contributed by atoms with E-state index < -0.39 is 0 Å². The third-order valence-electron chi connectivity index (χ3n) is 1.64. The quantitative estimate of drug-likeness (QED) is 0.546. The number of rotatable bonds is 2. The molecule has 0 fully saturated rings. The molecular formula is C11H16FOP. The van der Waals surface area contributed by atoms with Gasteiger partial charge in [0.25, 0.3) is 0 Å². The van der Waals surface area contributed by atoms with Gasteiger partial charge in [0.05, 0.1) is 0 Å². The molecule has 0 aliphatic rings. The van der Waals surface area contributed by atoms with Crippen molar-refractivity contribution in [1.82, 2.24) is 0 Å². The Morgan fingerprint density at radius 3 is 2.43 bits per heavy atom. The fourth-order valence-corrected chi connectivity index (χ4v) is 1.08. The van der Waals surface area contributed by atoms with Crippen molar-refractivity contribution in [3.05, 3.63) is 29.6 Å². The zero-order chi connectivity index (χ0) is 11.1. The predicted molar refractivity (Wildman–Crippen MR) is 61.7 cm³/mol. The highest BCUT2D eigenvalue weighted by molar-refractivity contribution is 7.27. The number of carbonyl (C=O) groups is 1. The molecule has 0 radical (unpaired) electrons. The Bertz CT molecular complexity index is 310. The molecule has 1 atom stereocenters. The van der Waals surface area contributed by atoms with E-state index in [1.54, 1.807) is 19.1 Å². The van der Waals surface area contributed by atoms with Crippen LogP contribution in [0, 0.1) is 5.82 Å². The molecule has 78 valence electrons. The molecule has 3 heteroatoms. The second-order valence-electron chi connectivity index (χ2n) is 2.51. The van der Waals surface area contributed by atoms with Crippen LogP contribution in [0.15, 0.2) is 18.2 Å². The largest absolute Gasteiger partial charge is 0.294 e. The lowest BCUT2D eigenvalue weighted by Crippen LogP contribution is -2.03. The van der Waals surface area contributed by atoms with Gasteiger partial charge in [-0.2, -0.15) is 0 Å². The summed E-state index contributed by atoms with van der Waals surface area (Å²) in [6.07, 6.45) is 0.412. The summed E-state index contributed by atoms with van der Waals surface area (Å²) in [5.74, 6) is -0.377. The van der Waals surface area contributed by atoms with Crippen LogP contribution in [0.4, 0.5) is 4.39 Å². The molecule has 1 nitrogen and oxygen atoms in total. The van der Waals surface area contributed by atoms with E-state index in [4.69, 9.17) is 0 Å². The number of ketones is 1. The van der Waals surface area contributed by atoms with Crippen LogP contribution in [0.1, 0.15) is 37.6 Å². The zero-order valence-corrected chi connectivity index (χ0v) is 9.96. The minimum Gasteiger partial charge on any atom is -0.294 e. The van der Waals surface area contributed by atoms with Gasteiger partial charge in [0.15, 0.2) is 5.78 Å². The van der Waals surface area contributed by atoms with Gasteiger partial charge in [0.1, 0.15) is 5.82 Å². The number of hydrogen-bond acceptors (Lipinski definition) is 1. The summed E-state index contributed by atoms with van der Waals surface area (Å²) in [5, 5.41) is 0.489. The van der Waals surface area contributed by atoms with E-state index in [0.717, 1.165) is 0 Å². The van der Waals surface area contributed by atoms with Crippen LogP contribution >= 0.6 is 9.24 Å². The topological polar surface area (TPSA) is 17.1 Å². The Hall–Kier alpha value is -0.750. The first-order valence-corrected chi connectivity index (χ1v) is 5.31. The molecule has 0 amide bonds. The molecule has 0 aliphatic carbocycles. The minimum absolute atomic E-state index is 0.0288. The Morgan fingerprint density at radius 2 is 2.00 bits per heavy atom. The van der Waals surface area contributed by atoms with E-state index in [0.29, 0.717) is 17.3 Å². The molecule has 0 aliphatic heterocycles. The fourth-order valence-electron chi connectivity index (χ4n) is 0.905. The third-order valence-corrected chi connectivity index (χ3v) is 2.11. The standard InChI is InChI=1S/C9H10FOP.C2H6/c1-2-8(11)6-3-4-9(12)7(10)5-6;1-2/h3-5H,2,12H2,1H3;1-2H3.